The lowest BCUT2D eigenvalue weighted by Crippen LogP contribution is -2.47. The Morgan fingerprint density at radius 1 is 1.24 bits per heavy atom. The molecule has 2 N–H and O–H groups in total. The number of halogens is 2. The number of rotatable bonds is 6. The molecule has 0 radical (unpaired) electrons. The lowest BCUT2D eigenvalue weighted by atomic mass is 10.0. The van der Waals surface area contributed by atoms with Gasteiger partial charge < -0.3 is 15.2 Å². The standard InChI is InChI=1S/C19H22BrClN2O2/c20-15-3-6-19(25-13-14-1-4-16(21)5-2-14)17(11-15)18-12-22-7-8-23(18)9-10-24/h1-6,11,18,22,24H,7-10,12-13H2. The Labute approximate surface area is 161 Å². The number of hydrogen-bond acceptors (Lipinski definition) is 4. The number of ether oxygens (including phenoxy) is 1. The largest absolute Gasteiger partial charge is 0.489 e. The van der Waals surface area contributed by atoms with Gasteiger partial charge in [0.15, 0.2) is 0 Å². The fourth-order valence-corrected chi connectivity index (χ4v) is 3.61. The fraction of sp³-hybridized carbons (Fsp3) is 0.368. The fourth-order valence-electron chi connectivity index (χ4n) is 3.10. The molecular weight excluding hydrogens is 404 g/mol. The van der Waals surface area contributed by atoms with E-state index in [0.717, 1.165) is 46.0 Å². The number of β-amino-alcohol motifs (C(OH)–C–C–N with tert-alkyl or cyclic N) is 1. The highest BCUT2D eigenvalue weighted by Gasteiger charge is 2.26. The smallest absolute Gasteiger partial charge is 0.124 e. The van der Waals surface area contributed by atoms with Crippen molar-refractivity contribution in [2.45, 2.75) is 12.6 Å². The summed E-state index contributed by atoms with van der Waals surface area (Å²) in [5, 5.41) is 13.5. The highest BCUT2D eigenvalue weighted by Crippen LogP contribution is 2.33. The van der Waals surface area contributed by atoms with Crippen LogP contribution in [0, 0.1) is 0 Å². The zero-order valence-corrected chi connectivity index (χ0v) is 16.3. The van der Waals surface area contributed by atoms with Crippen molar-refractivity contribution in [2.24, 2.45) is 0 Å². The summed E-state index contributed by atoms with van der Waals surface area (Å²) in [6.07, 6.45) is 0. The van der Waals surface area contributed by atoms with E-state index in [4.69, 9.17) is 16.3 Å². The van der Waals surface area contributed by atoms with E-state index >= 15 is 0 Å². The Bertz CT molecular complexity index is 694. The second-order valence-electron chi connectivity index (χ2n) is 6.08. The average molecular weight is 426 g/mol. The summed E-state index contributed by atoms with van der Waals surface area (Å²) in [6.45, 7) is 4.00. The molecule has 0 saturated carbocycles. The van der Waals surface area contributed by atoms with Gasteiger partial charge in [0, 0.05) is 41.2 Å². The maximum Gasteiger partial charge on any atom is 0.124 e. The van der Waals surface area contributed by atoms with Crippen LogP contribution in [0.4, 0.5) is 0 Å². The van der Waals surface area contributed by atoms with Gasteiger partial charge in [-0.1, -0.05) is 39.7 Å². The predicted octanol–water partition coefficient (Wildman–Crippen LogP) is 3.62. The van der Waals surface area contributed by atoms with E-state index < -0.39 is 0 Å². The van der Waals surface area contributed by atoms with E-state index in [2.05, 4.69) is 32.2 Å². The minimum absolute atomic E-state index is 0.158. The summed E-state index contributed by atoms with van der Waals surface area (Å²) in [7, 11) is 0. The van der Waals surface area contributed by atoms with Crippen molar-refractivity contribution in [2.75, 3.05) is 32.8 Å². The molecule has 2 aromatic rings. The van der Waals surface area contributed by atoms with Crippen molar-refractivity contribution in [1.82, 2.24) is 10.2 Å². The third kappa shape index (κ3) is 4.96. The van der Waals surface area contributed by atoms with E-state index in [-0.39, 0.29) is 12.6 Å². The first kappa shape index (κ1) is 18.7. The van der Waals surface area contributed by atoms with Crippen LogP contribution in [0.25, 0.3) is 0 Å². The van der Waals surface area contributed by atoms with Gasteiger partial charge in [-0.05, 0) is 35.9 Å². The molecule has 1 unspecified atom stereocenters. The van der Waals surface area contributed by atoms with Crippen LogP contribution in [0.5, 0.6) is 5.75 Å². The van der Waals surface area contributed by atoms with Crippen LogP contribution in [-0.4, -0.2) is 42.8 Å². The van der Waals surface area contributed by atoms with Crippen molar-refractivity contribution in [3.8, 4) is 5.75 Å². The van der Waals surface area contributed by atoms with Gasteiger partial charge in [0.05, 0.1) is 12.6 Å². The zero-order valence-electron chi connectivity index (χ0n) is 13.9. The first-order valence-corrected chi connectivity index (χ1v) is 9.57. The summed E-state index contributed by atoms with van der Waals surface area (Å²) in [4.78, 5) is 2.30. The van der Waals surface area contributed by atoms with Crippen LogP contribution in [-0.2, 0) is 6.61 Å². The Morgan fingerprint density at radius 2 is 2.04 bits per heavy atom. The lowest BCUT2D eigenvalue weighted by molar-refractivity contribution is 0.124. The molecule has 6 heteroatoms. The van der Waals surface area contributed by atoms with E-state index in [9.17, 15) is 5.11 Å². The zero-order chi connectivity index (χ0) is 17.6. The molecule has 134 valence electrons. The summed E-state index contributed by atoms with van der Waals surface area (Å²) in [5.41, 5.74) is 2.20. The number of piperazine rings is 1. The van der Waals surface area contributed by atoms with E-state index in [0.29, 0.717) is 13.2 Å². The third-order valence-corrected chi connectivity index (χ3v) is 5.13. The Balaban J connectivity index is 1.80. The summed E-state index contributed by atoms with van der Waals surface area (Å²) >= 11 is 9.51. The van der Waals surface area contributed by atoms with Crippen molar-refractivity contribution >= 4 is 27.5 Å². The highest BCUT2D eigenvalue weighted by molar-refractivity contribution is 9.10. The molecule has 0 bridgehead atoms. The maximum atomic E-state index is 9.37. The molecule has 1 atom stereocenters. The molecule has 1 fully saturated rings. The molecule has 2 aromatic carbocycles. The van der Waals surface area contributed by atoms with Crippen LogP contribution in [0.2, 0.25) is 5.02 Å². The molecule has 1 aliphatic heterocycles. The molecule has 25 heavy (non-hydrogen) atoms. The van der Waals surface area contributed by atoms with Gasteiger partial charge in [0.2, 0.25) is 0 Å². The van der Waals surface area contributed by atoms with Gasteiger partial charge in [-0.2, -0.15) is 0 Å². The highest BCUT2D eigenvalue weighted by atomic mass is 79.9. The topological polar surface area (TPSA) is 44.7 Å². The first-order chi connectivity index (χ1) is 12.2. The second-order valence-corrected chi connectivity index (χ2v) is 7.43. The van der Waals surface area contributed by atoms with E-state index in [1.807, 2.05) is 36.4 Å². The van der Waals surface area contributed by atoms with Crippen LogP contribution >= 0.6 is 27.5 Å². The Hall–Kier alpha value is -1.11. The van der Waals surface area contributed by atoms with Crippen molar-refractivity contribution in [3.05, 3.63) is 63.1 Å². The molecule has 0 aliphatic carbocycles. The summed E-state index contributed by atoms with van der Waals surface area (Å²) < 4.78 is 7.14. The monoisotopic (exact) mass is 424 g/mol. The number of nitrogens with zero attached hydrogens (tertiary/aromatic N) is 1. The number of aliphatic hydroxyl groups is 1. The number of hydrogen-bond donors (Lipinski definition) is 2. The average Bonchev–Trinajstić information content (AvgIpc) is 2.63. The molecule has 3 rings (SSSR count). The van der Waals surface area contributed by atoms with Crippen molar-refractivity contribution in [1.29, 1.82) is 0 Å². The lowest BCUT2D eigenvalue weighted by Gasteiger charge is -2.36. The van der Waals surface area contributed by atoms with Crippen LogP contribution < -0.4 is 10.1 Å². The number of nitrogens with one attached hydrogen (secondary N) is 1. The molecular formula is C19H22BrClN2O2. The van der Waals surface area contributed by atoms with Gasteiger partial charge >= 0.3 is 0 Å². The normalized spacial score (nSPS) is 18.3. The van der Waals surface area contributed by atoms with Crippen LogP contribution in [0.1, 0.15) is 17.2 Å². The summed E-state index contributed by atoms with van der Waals surface area (Å²) in [5.74, 6) is 0.870. The minimum atomic E-state index is 0.158. The summed E-state index contributed by atoms with van der Waals surface area (Å²) in [6, 6.07) is 14.0. The maximum absolute atomic E-state index is 9.37. The van der Waals surface area contributed by atoms with Gasteiger partial charge in [0.25, 0.3) is 0 Å². The molecule has 1 aliphatic rings. The molecule has 0 aromatic heterocycles. The van der Waals surface area contributed by atoms with E-state index in [1.165, 1.54) is 0 Å². The second kappa shape index (κ2) is 9.01. The molecule has 0 spiro atoms. The molecule has 4 nitrogen and oxygen atoms in total. The molecule has 1 saturated heterocycles. The minimum Gasteiger partial charge on any atom is -0.489 e. The molecule has 1 heterocycles. The van der Waals surface area contributed by atoms with Crippen molar-refractivity contribution in [3.63, 3.8) is 0 Å². The van der Waals surface area contributed by atoms with Crippen molar-refractivity contribution < 1.29 is 9.84 Å². The predicted molar refractivity (Wildman–Crippen MR) is 104 cm³/mol. The van der Waals surface area contributed by atoms with Gasteiger partial charge in [0.1, 0.15) is 12.4 Å². The van der Waals surface area contributed by atoms with Gasteiger partial charge in [-0.15, -0.1) is 0 Å². The van der Waals surface area contributed by atoms with E-state index in [1.54, 1.807) is 0 Å². The van der Waals surface area contributed by atoms with Crippen LogP contribution in [0.15, 0.2) is 46.9 Å². The Kier molecular flexibility index (Phi) is 6.73. The van der Waals surface area contributed by atoms with Crippen LogP contribution in [0.3, 0.4) is 0 Å². The Morgan fingerprint density at radius 3 is 2.80 bits per heavy atom. The van der Waals surface area contributed by atoms with Gasteiger partial charge in [-0.3, -0.25) is 4.90 Å². The first-order valence-electron chi connectivity index (χ1n) is 8.39. The molecule has 0 amide bonds. The SMILES string of the molecule is OCCN1CCNCC1c1cc(Br)ccc1OCc1ccc(Cl)cc1. The quantitative estimate of drug-likeness (QED) is 0.742. The third-order valence-electron chi connectivity index (χ3n) is 4.38. The number of aliphatic hydroxyl groups excluding tert-OH is 1. The number of benzene rings is 2. The van der Waals surface area contributed by atoms with Gasteiger partial charge in [-0.25, -0.2) is 0 Å².